The van der Waals surface area contributed by atoms with Crippen LogP contribution in [-0.2, 0) is 23.7 Å². The summed E-state index contributed by atoms with van der Waals surface area (Å²) in [5.74, 6) is -0.261. The van der Waals surface area contributed by atoms with E-state index in [1.165, 1.54) is 122 Å². The molecule has 0 spiro atoms. The van der Waals surface area contributed by atoms with E-state index in [9.17, 15) is 45.6 Å². The van der Waals surface area contributed by atoms with Crippen molar-refractivity contribution < 1.29 is 64.6 Å². The minimum atomic E-state index is -1.79. The van der Waals surface area contributed by atoms with Crippen molar-refractivity contribution in [1.29, 1.82) is 0 Å². The van der Waals surface area contributed by atoms with Crippen molar-refractivity contribution in [3.8, 4) is 0 Å². The lowest BCUT2D eigenvalue weighted by Gasteiger charge is -2.46. The number of carbonyl (C=O) groups is 1. The summed E-state index contributed by atoms with van der Waals surface area (Å²) in [6.45, 7) is 2.71. The monoisotopic (exact) mass is 970 g/mol. The van der Waals surface area contributed by atoms with Crippen molar-refractivity contribution in [2.24, 2.45) is 0 Å². The van der Waals surface area contributed by atoms with E-state index >= 15 is 0 Å². The van der Waals surface area contributed by atoms with E-state index in [4.69, 9.17) is 18.9 Å². The maximum atomic E-state index is 13.0. The second-order valence-electron chi connectivity index (χ2n) is 19.3. The van der Waals surface area contributed by atoms with Crippen LogP contribution in [0.25, 0.3) is 0 Å². The number of amides is 1. The molecule has 398 valence electrons. The predicted molar refractivity (Wildman–Crippen MR) is 268 cm³/mol. The van der Waals surface area contributed by atoms with Gasteiger partial charge < -0.3 is 65.1 Å². The van der Waals surface area contributed by atoms with Crippen LogP contribution in [-0.4, -0.2) is 140 Å². The van der Waals surface area contributed by atoms with Crippen LogP contribution in [0.15, 0.2) is 36.5 Å². The summed E-state index contributed by atoms with van der Waals surface area (Å²) in [6, 6.07) is -0.932. The summed E-state index contributed by atoms with van der Waals surface area (Å²) in [4.78, 5) is 13.0. The number of ether oxygens (including phenoxy) is 4. The lowest BCUT2D eigenvalue weighted by Crippen LogP contribution is -2.65. The van der Waals surface area contributed by atoms with Crippen LogP contribution in [0.2, 0.25) is 0 Å². The van der Waals surface area contributed by atoms with Crippen molar-refractivity contribution in [3.05, 3.63) is 36.5 Å². The molecule has 9 N–H and O–H groups in total. The number of aliphatic hydroxyl groups is 8. The van der Waals surface area contributed by atoms with Gasteiger partial charge in [-0.15, -0.1) is 0 Å². The molecule has 12 unspecified atom stereocenters. The molecule has 0 aromatic carbocycles. The van der Waals surface area contributed by atoms with Gasteiger partial charge in [0.05, 0.1) is 32.0 Å². The van der Waals surface area contributed by atoms with Crippen LogP contribution in [0.5, 0.6) is 0 Å². The van der Waals surface area contributed by atoms with Crippen molar-refractivity contribution in [3.63, 3.8) is 0 Å². The summed E-state index contributed by atoms with van der Waals surface area (Å²) in [6.07, 6.45) is 31.0. The largest absolute Gasteiger partial charge is 0.394 e. The molecule has 1 amide bonds. The Morgan fingerprint density at radius 2 is 0.941 bits per heavy atom. The zero-order valence-electron chi connectivity index (χ0n) is 42.3. The van der Waals surface area contributed by atoms with E-state index < -0.39 is 86.8 Å². The van der Waals surface area contributed by atoms with E-state index in [-0.39, 0.29) is 18.9 Å². The maximum absolute atomic E-state index is 13.0. The topological polar surface area (TPSA) is 228 Å². The Balaban J connectivity index is 1.73. The minimum absolute atomic E-state index is 0.261. The summed E-state index contributed by atoms with van der Waals surface area (Å²) < 4.78 is 22.6. The van der Waals surface area contributed by atoms with Gasteiger partial charge in [-0.3, -0.25) is 4.79 Å². The third-order valence-corrected chi connectivity index (χ3v) is 13.3. The SMILES string of the molecule is CCCCCCCCCCCCCCCCCCC/C=C/CC/C=C/CC/C=C/C(O)C(COC1OC(CO)C(OC2OC(CO)C(O)C(O)C2O)C(O)C1O)NC(=O)CCCCCCCCC. The fraction of sp³-hybridized carbons (Fsp3) is 0.870. The zero-order valence-corrected chi connectivity index (χ0v) is 42.3. The summed E-state index contributed by atoms with van der Waals surface area (Å²) in [5.41, 5.74) is 0. The number of rotatable bonds is 42. The standard InChI is InChI=1S/C54H99NO13/c1-3-5-7-9-11-12-13-14-15-16-17-18-19-20-21-22-23-24-25-26-27-28-29-30-32-33-35-37-43(58)42(55-46(59)38-36-34-31-10-8-6-4-2)41-65-53-51(64)49(62)52(45(40-57)67-53)68-54-50(63)48(61)47(60)44(39-56)66-54/h25-26,29-30,35,37,42-45,47-54,56-58,60-64H,3-24,27-28,31-34,36,38-41H2,1-2H3,(H,55,59)/b26-25+,30-29+,37-35+. The Bertz CT molecular complexity index is 1280. The van der Waals surface area contributed by atoms with Gasteiger partial charge in [-0.25, -0.2) is 0 Å². The molecule has 2 aliphatic heterocycles. The first-order valence-corrected chi connectivity index (χ1v) is 27.2. The minimum Gasteiger partial charge on any atom is -0.394 e. The van der Waals surface area contributed by atoms with Crippen molar-refractivity contribution in [2.75, 3.05) is 19.8 Å². The Morgan fingerprint density at radius 1 is 0.515 bits per heavy atom. The number of allylic oxidation sites excluding steroid dienone is 5. The van der Waals surface area contributed by atoms with E-state index in [2.05, 4.69) is 43.5 Å². The van der Waals surface area contributed by atoms with Gasteiger partial charge in [0.1, 0.15) is 48.8 Å². The van der Waals surface area contributed by atoms with Crippen molar-refractivity contribution >= 4 is 5.91 Å². The first kappa shape index (κ1) is 62.3. The highest BCUT2D eigenvalue weighted by molar-refractivity contribution is 5.76. The second kappa shape index (κ2) is 40.8. The fourth-order valence-corrected chi connectivity index (χ4v) is 8.85. The molecule has 2 aliphatic rings. The van der Waals surface area contributed by atoms with Crippen molar-refractivity contribution in [1.82, 2.24) is 5.32 Å². The van der Waals surface area contributed by atoms with Crippen LogP contribution in [0.4, 0.5) is 0 Å². The highest BCUT2D eigenvalue weighted by atomic mass is 16.7. The molecule has 2 heterocycles. The molecule has 0 bridgehead atoms. The average Bonchev–Trinajstić information content (AvgIpc) is 3.34. The van der Waals surface area contributed by atoms with Gasteiger partial charge in [-0.05, 0) is 44.9 Å². The van der Waals surface area contributed by atoms with Gasteiger partial charge in [0.2, 0.25) is 5.91 Å². The molecule has 2 rings (SSSR count). The predicted octanol–water partition coefficient (Wildman–Crippen LogP) is 7.88. The van der Waals surface area contributed by atoms with Gasteiger partial charge in [0.15, 0.2) is 12.6 Å². The number of nitrogens with one attached hydrogen (secondary N) is 1. The van der Waals surface area contributed by atoms with Gasteiger partial charge in [-0.2, -0.15) is 0 Å². The number of hydrogen-bond acceptors (Lipinski definition) is 13. The third kappa shape index (κ3) is 27.1. The second-order valence-corrected chi connectivity index (χ2v) is 19.3. The van der Waals surface area contributed by atoms with Crippen LogP contribution in [0, 0.1) is 0 Å². The van der Waals surface area contributed by atoms with Gasteiger partial charge in [0, 0.05) is 6.42 Å². The lowest BCUT2D eigenvalue weighted by atomic mass is 9.97. The highest BCUT2D eigenvalue weighted by Gasteiger charge is 2.51. The molecule has 14 heteroatoms. The summed E-state index contributed by atoms with van der Waals surface area (Å²) in [5, 5.41) is 86.5. The highest BCUT2D eigenvalue weighted by Crippen LogP contribution is 2.30. The van der Waals surface area contributed by atoms with Crippen LogP contribution in [0.3, 0.4) is 0 Å². The van der Waals surface area contributed by atoms with Crippen LogP contribution < -0.4 is 5.32 Å². The molecule has 68 heavy (non-hydrogen) atoms. The van der Waals surface area contributed by atoms with Gasteiger partial charge in [0.25, 0.3) is 0 Å². The first-order chi connectivity index (χ1) is 33.1. The van der Waals surface area contributed by atoms with E-state index in [1.54, 1.807) is 6.08 Å². The number of unbranched alkanes of at least 4 members (excludes halogenated alkanes) is 25. The van der Waals surface area contributed by atoms with Crippen LogP contribution in [0.1, 0.15) is 206 Å². The number of carbonyl (C=O) groups excluding carboxylic acids is 1. The Kier molecular flexibility index (Phi) is 37.4. The van der Waals surface area contributed by atoms with E-state index in [1.807, 2.05) is 6.08 Å². The summed E-state index contributed by atoms with van der Waals surface area (Å²) in [7, 11) is 0. The van der Waals surface area contributed by atoms with E-state index in [0.29, 0.717) is 12.8 Å². The Morgan fingerprint density at radius 3 is 1.44 bits per heavy atom. The molecule has 0 aliphatic carbocycles. The molecule has 0 radical (unpaired) electrons. The van der Waals surface area contributed by atoms with Gasteiger partial charge in [-0.1, -0.05) is 192 Å². The quantitative estimate of drug-likeness (QED) is 0.0210. The molecule has 14 nitrogen and oxygen atoms in total. The van der Waals surface area contributed by atoms with Gasteiger partial charge >= 0.3 is 0 Å². The van der Waals surface area contributed by atoms with E-state index in [0.717, 1.165) is 51.4 Å². The molecular formula is C54H99NO13. The third-order valence-electron chi connectivity index (χ3n) is 13.3. The lowest BCUT2D eigenvalue weighted by molar-refractivity contribution is -0.359. The molecule has 2 saturated heterocycles. The molecule has 0 aromatic rings. The Hall–Kier alpha value is -1.79. The molecule has 0 saturated carbocycles. The molecule has 2 fully saturated rings. The fourth-order valence-electron chi connectivity index (χ4n) is 8.85. The molecule has 0 aromatic heterocycles. The maximum Gasteiger partial charge on any atom is 0.220 e. The van der Waals surface area contributed by atoms with Crippen molar-refractivity contribution in [2.45, 2.75) is 280 Å². The number of aliphatic hydroxyl groups excluding tert-OH is 8. The normalized spacial score (nSPS) is 26.6. The summed E-state index contributed by atoms with van der Waals surface area (Å²) >= 11 is 0. The molecule has 12 atom stereocenters. The average molecular weight is 970 g/mol. The smallest absolute Gasteiger partial charge is 0.220 e. The molecular weight excluding hydrogens is 871 g/mol. The Labute approximate surface area is 411 Å². The number of hydrogen-bond donors (Lipinski definition) is 9. The first-order valence-electron chi connectivity index (χ1n) is 27.2. The zero-order chi connectivity index (χ0) is 49.6. The van der Waals surface area contributed by atoms with Crippen LogP contribution >= 0.6 is 0 Å².